The lowest BCUT2D eigenvalue weighted by molar-refractivity contribution is 0.0693. The molecule has 0 aliphatic heterocycles. The first-order valence-corrected chi connectivity index (χ1v) is 6.69. The largest absolute Gasteiger partial charge is 0.496 e. The lowest BCUT2D eigenvalue weighted by atomic mass is 10.1. The minimum Gasteiger partial charge on any atom is -0.496 e. The number of carboxylic acids is 1. The number of hydrogen-bond donors (Lipinski definition) is 1. The number of carboxylic acid groups (broad SMARTS) is 1. The van der Waals surface area contributed by atoms with E-state index in [9.17, 15) is 9.90 Å². The van der Waals surface area contributed by atoms with Gasteiger partial charge >= 0.3 is 5.97 Å². The van der Waals surface area contributed by atoms with Crippen LogP contribution in [0, 0.1) is 6.92 Å². The Morgan fingerprint density at radius 3 is 2.43 bits per heavy atom. The molecular weight excluding hydrogens is 266 g/mol. The monoisotopic (exact) mass is 285 g/mol. The fraction of sp³-hybridized carbons (Fsp3) is 0.235. The Balaban J connectivity index is 2.21. The van der Waals surface area contributed by atoms with Gasteiger partial charge in [0.2, 0.25) is 0 Å². The van der Waals surface area contributed by atoms with Gasteiger partial charge in [0, 0.05) is 19.3 Å². The van der Waals surface area contributed by atoms with Gasteiger partial charge in [-0.05, 0) is 36.8 Å². The fourth-order valence-electron chi connectivity index (χ4n) is 2.19. The fourth-order valence-corrected chi connectivity index (χ4v) is 2.19. The molecule has 2 aromatic carbocycles. The van der Waals surface area contributed by atoms with Crippen LogP contribution in [0.1, 0.15) is 21.5 Å². The highest BCUT2D eigenvalue weighted by atomic mass is 16.5. The van der Waals surface area contributed by atoms with Crippen LogP contribution in [-0.4, -0.2) is 25.2 Å². The number of hydrogen-bond acceptors (Lipinski definition) is 3. The second-order valence-corrected chi connectivity index (χ2v) is 5.03. The summed E-state index contributed by atoms with van der Waals surface area (Å²) in [6.07, 6.45) is 0. The van der Waals surface area contributed by atoms with Crippen molar-refractivity contribution in [2.45, 2.75) is 13.5 Å². The predicted molar refractivity (Wildman–Crippen MR) is 83.2 cm³/mol. The van der Waals surface area contributed by atoms with E-state index in [4.69, 9.17) is 4.74 Å². The highest BCUT2D eigenvalue weighted by Crippen LogP contribution is 2.22. The zero-order valence-electron chi connectivity index (χ0n) is 12.5. The third kappa shape index (κ3) is 3.54. The number of methoxy groups -OCH3 is 1. The Morgan fingerprint density at radius 1 is 1.19 bits per heavy atom. The van der Waals surface area contributed by atoms with Crippen molar-refractivity contribution in [3.05, 3.63) is 59.2 Å². The maximum atomic E-state index is 11.2. The first-order valence-electron chi connectivity index (χ1n) is 6.69. The first kappa shape index (κ1) is 14.9. The quantitative estimate of drug-likeness (QED) is 0.915. The molecule has 4 heteroatoms. The van der Waals surface area contributed by atoms with Crippen LogP contribution in [0.4, 0.5) is 5.69 Å². The summed E-state index contributed by atoms with van der Waals surface area (Å²) in [6, 6.07) is 13.5. The summed E-state index contributed by atoms with van der Waals surface area (Å²) in [5, 5.41) is 9.21. The number of ether oxygens (including phenoxy) is 1. The topological polar surface area (TPSA) is 49.8 Å². The van der Waals surface area contributed by atoms with Gasteiger partial charge in [-0.3, -0.25) is 0 Å². The normalized spacial score (nSPS) is 10.2. The van der Waals surface area contributed by atoms with Gasteiger partial charge in [-0.1, -0.05) is 23.8 Å². The molecule has 0 aliphatic rings. The molecule has 0 unspecified atom stereocenters. The second kappa shape index (κ2) is 6.31. The minimum absolute atomic E-state index is 0.187. The molecule has 0 amide bonds. The van der Waals surface area contributed by atoms with Crippen LogP contribution in [0.25, 0.3) is 0 Å². The zero-order chi connectivity index (χ0) is 15.4. The molecule has 0 heterocycles. The standard InChI is InChI=1S/C17H19NO3/c1-12-4-7-14(8-5-12)18(2)11-13-6-9-16(21-3)15(10-13)17(19)20/h4-10H,11H2,1-3H3,(H,19,20). The maximum Gasteiger partial charge on any atom is 0.339 e. The van der Waals surface area contributed by atoms with Crippen molar-refractivity contribution < 1.29 is 14.6 Å². The Labute approximate surface area is 124 Å². The van der Waals surface area contributed by atoms with Crippen LogP contribution in [0.3, 0.4) is 0 Å². The van der Waals surface area contributed by atoms with Crippen LogP contribution < -0.4 is 9.64 Å². The number of rotatable bonds is 5. The molecule has 0 saturated carbocycles. The van der Waals surface area contributed by atoms with E-state index in [-0.39, 0.29) is 5.56 Å². The van der Waals surface area contributed by atoms with Gasteiger partial charge in [0.25, 0.3) is 0 Å². The lowest BCUT2D eigenvalue weighted by Gasteiger charge is -2.20. The molecular formula is C17H19NO3. The lowest BCUT2D eigenvalue weighted by Crippen LogP contribution is -2.16. The molecule has 0 spiro atoms. The smallest absolute Gasteiger partial charge is 0.339 e. The Kier molecular flexibility index (Phi) is 4.48. The van der Waals surface area contributed by atoms with Crippen molar-refractivity contribution in [1.82, 2.24) is 0 Å². The van der Waals surface area contributed by atoms with E-state index < -0.39 is 5.97 Å². The van der Waals surface area contributed by atoms with Gasteiger partial charge in [-0.15, -0.1) is 0 Å². The number of aromatic carboxylic acids is 1. The zero-order valence-corrected chi connectivity index (χ0v) is 12.5. The molecule has 110 valence electrons. The first-order chi connectivity index (χ1) is 10.0. The van der Waals surface area contributed by atoms with Crippen LogP contribution in [0.2, 0.25) is 0 Å². The van der Waals surface area contributed by atoms with Crippen molar-refractivity contribution in [3.8, 4) is 5.75 Å². The highest BCUT2D eigenvalue weighted by molar-refractivity contribution is 5.91. The van der Waals surface area contributed by atoms with E-state index in [2.05, 4.69) is 29.2 Å². The average Bonchev–Trinajstić information content (AvgIpc) is 2.47. The maximum absolute atomic E-state index is 11.2. The predicted octanol–water partition coefficient (Wildman–Crippen LogP) is 3.34. The molecule has 1 N–H and O–H groups in total. The number of nitrogens with zero attached hydrogens (tertiary/aromatic N) is 1. The average molecular weight is 285 g/mol. The molecule has 0 atom stereocenters. The van der Waals surface area contributed by atoms with E-state index in [0.717, 1.165) is 11.3 Å². The van der Waals surface area contributed by atoms with Crippen LogP contribution in [0.5, 0.6) is 5.75 Å². The van der Waals surface area contributed by atoms with Gasteiger partial charge in [0.05, 0.1) is 7.11 Å². The Hall–Kier alpha value is -2.49. The van der Waals surface area contributed by atoms with Crippen molar-refractivity contribution in [2.75, 3.05) is 19.1 Å². The number of aryl methyl sites for hydroxylation is 1. The number of benzene rings is 2. The van der Waals surface area contributed by atoms with Crippen molar-refractivity contribution in [2.24, 2.45) is 0 Å². The van der Waals surface area contributed by atoms with Crippen molar-refractivity contribution in [1.29, 1.82) is 0 Å². The van der Waals surface area contributed by atoms with Gasteiger partial charge in [0.1, 0.15) is 11.3 Å². The summed E-state index contributed by atoms with van der Waals surface area (Å²) < 4.78 is 5.07. The third-order valence-electron chi connectivity index (χ3n) is 3.39. The molecule has 0 saturated heterocycles. The van der Waals surface area contributed by atoms with Gasteiger partial charge < -0.3 is 14.7 Å². The second-order valence-electron chi connectivity index (χ2n) is 5.03. The summed E-state index contributed by atoms with van der Waals surface area (Å²) in [5.41, 5.74) is 3.42. The van der Waals surface area contributed by atoms with Crippen molar-refractivity contribution >= 4 is 11.7 Å². The number of anilines is 1. The van der Waals surface area contributed by atoms with Gasteiger partial charge in [-0.2, -0.15) is 0 Å². The summed E-state index contributed by atoms with van der Waals surface area (Å²) in [4.78, 5) is 13.3. The minimum atomic E-state index is -0.980. The van der Waals surface area contributed by atoms with E-state index in [1.165, 1.54) is 12.7 Å². The molecule has 0 aromatic heterocycles. The van der Waals surface area contributed by atoms with E-state index in [1.807, 2.05) is 20.0 Å². The van der Waals surface area contributed by atoms with Crippen LogP contribution >= 0.6 is 0 Å². The van der Waals surface area contributed by atoms with E-state index in [0.29, 0.717) is 12.3 Å². The van der Waals surface area contributed by atoms with Gasteiger partial charge in [-0.25, -0.2) is 4.79 Å². The molecule has 0 bridgehead atoms. The van der Waals surface area contributed by atoms with Crippen LogP contribution in [0.15, 0.2) is 42.5 Å². The SMILES string of the molecule is COc1ccc(CN(C)c2ccc(C)cc2)cc1C(=O)O. The van der Waals surface area contributed by atoms with E-state index >= 15 is 0 Å². The molecule has 4 nitrogen and oxygen atoms in total. The molecule has 0 aliphatic carbocycles. The molecule has 0 fully saturated rings. The Bertz CT molecular complexity index is 635. The summed E-state index contributed by atoms with van der Waals surface area (Å²) in [5.74, 6) is -0.601. The molecule has 0 radical (unpaired) electrons. The Morgan fingerprint density at radius 2 is 1.86 bits per heavy atom. The van der Waals surface area contributed by atoms with Crippen molar-refractivity contribution in [3.63, 3.8) is 0 Å². The highest BCUT2D eigenvalue weighted by Gasteiger charge is 2.12. The summed E-state index contributed by atoms with van der Waals surface area (Å²) in [6.45, 7) is 2.68. The molecule has 21 heavy (non-hydrogen) atoms. The summed E-state index contributed by atoms with van der Waals surface area (Å²) in [7, 11) is 3.45. The molecule has 2 aromatic rings. The number of carbonyl (C=O) groups is 1. The third-order valence-corrected chi connectivity index (χ3v) is 3.39. The summed E-state index contributed by atoms with van der Waals surface area (Å²) >= 11 is 0. The van der Waals surface area contributed by atoms with E-state index in [1.54, 1.807) is 12.1 Å². The molecule has 2 rings (SSSR count). The van der Waals surface area contributed by atoms with Crippen LogP contribution in [-0.2, 0) is 6.54 Å². The van der Waals surface area contributed by atoms with Gasteiger partial charge in [0.15, 0.2) is 0 Å².